The summed E-state index contributed by atoms with van der Waals surface area (Å²) in [5.41, 5.74) is 12.5. The maximum Gasteiger partial charge on any atom is 0.185 e. The Labute approximate surface area is 110 Å². The van der Waals surface area contributed by atoms with Crippen LogP contribution in [0, 0.1) is 0 Å². The van der Waals surface area contributed by atoms with E-state index < -0.39 is 0 Å². The first-order chi connectivity index (χ1) is 7.25. The molecule has 0 aliphatic heterocycles. The Morgan fingerprint density at radius 1 is 1.31 bits per heavy atom. The number of hydrogen-bond donors (Lipinski definition) is 3. The number of aromatic amines is 1. The average Bonchev–Trinajstić information content (AvgIpc) is 2.59. The van der Waals surface area contributed by atoms with Crippen molar-refractivity contribution in [2.24, 2.45) is 16.5 Å². The number of hydrogen-bond acceptors (Lipinski definition) is 2. The number of benzene rings is 1. The van der Waals surface area contributed by atoms with E-state index in [9.17, 15) is 0 Å². The van der Waals surface area contributed by atoms with E-state index in [4.69, 9.17) is 11.5 Å². The lowest BCUT2D eigenvalue weighted by atomic mass is 10.3. The van der Waals surface area contributed by atoms with Gasteiger partial charge in [0.05, 0.1) is 11.0 Å². The molecule has 2 aromatic rings. The number of halogens is 1. The Bertz CT molecular complexity index is 454. The number of aromatic nitrogens is 2. The molecule has 0 fully saturated rings. The summed E-state index contributed by atoms with van der Waals surface area (Å²) >= 11 is 0. The minimum absolute atomic E-state index is 0. The third-order valence-electron chi connectivity index (χ3n) is 2.08. The van der Waals surface area contributed by atoms with Gasteiger partial charge < -0.3 is 16.5 Å². The molecule has 0 radical (unpaired) electrons. The number of para-hydroxylation sites is 2. The highest BCUT2D eigenvalue weighted by molar-refractivity contribution is 14.0. The molecule has 0 atom stereocenters. The zero-order valence-corrected chi connectivity index (χ0v) is 11.0. The van der Waals surface area contributed by atoms with Crippen LogP contribution in [0.3, 0.4) is 0 Å². The van der Waals surface area contributed by atoms with Crippen molar-refractivity contribution in [3.63, 3.8) is 0 Å². The van der Waals surface area contributed by atoms with Gasteiger partial charge in [-0.05, 0) is 12.1 Å². The van der Waals surface area contributed by atoms with Gasteiger partial charge >= 0.3 is 0 Å². The highest BCUT2D eigenvalue weighted by atomic mass is 127. The minimum atomic E-state index is 0. The van der Waals surface area contributed by atoms with E-state index in [-0.39, 0.29) is 29.9 Å². The molecule has 1 heterocycles. The van der Waals surface area contributed by atoms with E-state index in [1.54, 1.807) is 0 Å². The largest absolute Gasteiger partial charge is 0.370 e. The first kappa shape index (κ1) is 12.8. The Balaban J connectivity index is 0.00000128. The maximum atomic E-state index is 5.23. The number of imidazole rings is 1. The van der Waals surface area contributed by atoms with E-state index in [1.807, 2.05) is 24.3 Å². The molecule has 0 unspecified atom stereocenters. The van der Waals surface area contributed by atoms with Crippen molar-refractivity contribution in [3.8, 4) is 0 Å². The molecule has 0 bridgehead atoms. The van der Waals surface area contributed by atoms with E-state index in [0.29, 0.717) is 13.0 Å². The normalized spacial score (nSPS) is 9.75. The van der Waals surface area contributed by atoms with Gasteiger partial charge in [-0.25, -0.2) is 4.98 Å². The standard InChI is InChI=1S/C10H13N5.HI/c11-10(12)13-6-5-9-14-7-3-1-2-4-8(7)15-9;/h1-4H,5-6H2,(H,14,15)(H4,11,12,13);1H. The summed E-state index contributed by atoms with van der Waals surface area (Å²) in [4.78, 5) is 11.5. The van der Waals surface area contributed by atoms with Crippen molar-refractivity contribution in [1.29, 1.82) is 0 Å². The van der Waals surface area contributed by atoms with Gasteiger partial charge in [0.25, 0.3) is 0 Å². The van der Waals surface area contributed by atoms with Crippen LogP contribution >= 0.6 is 24.0 Å². The molecule has 0 saturated heterocycles. The van der Waals surface area contributed by atoms with Crippen molar-refractivity contribution in [2.45, 2.75) is 6.42 Å². The summed E-state index contributed by atoms with van der Waals surface area (Å²) in [5, 5.41) is 0. The fourth-order valence-corrected chi connectivity index (χ4v) is 1.41. The van der Waals surface area contributed by atoms with Gasteiger partial charge in [-0.15, -0.1) is 24.0 Å². The first-order valence-electron chi connectivity index (χ1n) is 4.75. The molecule has 0 aliphatic rings. The van der Waals surface area contributed by atoms with Crippen molar-refractivity contribution < 1.29 is 0 Å². The molecule has 1 aromatic carbocycles. The van der Waals surface area contributed by atoms with Gasteiger partial charge in [-0.2, -0.15) is 0 Å². The lowest BCUT2D eigenvalue weighted by Crippen LogP contribution is -2.23. The van der Waals surface area contributed by atoms with Crippen LogP contribution in [-0.4, -0.2) is 22.5 Å². The van der Waals surface area contributed by atoms with Gasteiger partial charge in [0.15, 0.2) is 5.96 Å². The quantitative estimate of drug-likeness (QED) is 0.445. The van der Waals surface area contributed by atoms with Crippen LogP contribution in [0.25, 0.3) is 11.0 Å². The lowest BCUT2D eigenvalue weighted by molar-refractivity contribution is 0.897. The minimum Gasteiger partial charge on any atom is -0.370 e. The van der Waals surface area contributed by atoms with E-state index in [0.717, 1.165) is 16.9 Å². The van der Waals surface area contributed by atoms with E-state index in [2.05, 4.69) is 15.0 Å². The predicted octanol–water partition coefficient (Wildman–Crippen LogP) is 0.997. The molecule has 86 valence electrons. The average molecular weight is 331 g/mol. The molecule has 1 aromatic heterocycles. The second kappa shape index (κ2) is 5.69. The second-order valence-electron chi connectivity index (χ2n) is 3.26. The third-order valence-corrected chi connectivity index (χ3v) is 2.08. The number of nitrogens with one attached hydrogen (secondary N) is 1. The first-order valence-corrected chi connectivity index (χ1v) is 4.75. The predicted molar refractivity (Wildman–Crippen MR) is 75.9 cm³/mol. The number of aliphatic imine (C=N–C) groups is 1. The Morgan fingerprint density at radius 3 is 2.75 bits per heavy atom. The van der Waals surface area contributed by atoms with Crippen LogP contribution in [-0.2, 0) is 6.42 Å². The summed E-state index contributed by atoms with van der Waals surface area (Å²) in [6, 6.07) is 7.89. The number of fused-ring (bicyclic) bond motifs is 1. The van der Waals surface area contributed by atoms with Gasteiger partial charge in [0.1, 0.15) is 5.82 Å². The van der Waals surface area contributed by atoms with Crippen LogP contribution < -0.4 is 11.5 Å². The Morgan fingerprint density at radius 2 is 2.06 bits per heavy atom. The number of nitrogens with zero attached hydrogens (tertiary/aromatic N) is 2. The number of rotatable bonds is 3. The molecule has 5 N–H and O–H groups in total. The highest BCUT2D eigenvalue weighted by Gasteiger charge is 2.00. The topological polar surface area (TPSA) is 93.1 Å². The van der Waals surface area contributed by atoms with Crippen LogP contribution in [0.1, 0.15) is 5.82 Å². The maximum absolute atomic E-state index is 5.23. The molecule has 0 spiro atoms. The third kappa shape index (κ3) is 3.09. The molecule has 2 rings (SSSR count). The van der Waals surface area contributed by atoms with Crippen LogP contribution in [0.15, 0.2) is 29.3 Å². The molecular weight excluding hydrogens is 317 g/mol. The SMILES string of the molecule is I.NC(N)=NCCc1nc2ccccc2[nH]1. The molecular formula is C10H14IN5. The summed E-state index contributed by atoms with van der Waals surface area (Å²) in [7, 11) is 0. The van der Waals surface area contributed by atoms with Gasteiger partial charge in [0.2, 0.25) is 0 Å². The van der Waals surface area contributed by atoms with Gasteiger partial charge in [0, 0.05) is 13.0 Å². The van der Waals surface area contributed by atoms with Crippen molar-refractivity contribution in [2.75, 3.05) is 6.54 Å². The summed E-state index contributed by atoms with van der Waals surface area (Å²) < 4.78 is 0. The molecule has 6 heteroatoms. The Hall–Kier alpha value is -1.31. The molecule has 0 aliphatic carbocycles. The van der Waals surface area contributed by atoms with Gasteiger partial charge in [-0.1, -0.05) is 12.1 Å². The number of nitrogens with two attached hydrogens (primary N) is 2. The van der Waals surface area contributed by atoms with E-state index >= 15 is 0 Å². The molecule has 5 nitrogen and oxygen atoms in total. The Kier molecular flexibility index (Phi) is 4.53. The van der Waals surface area contributed by atoms with Crippen LogP contribution in [0.4, 0.5) is 0 Å². The van der Waals surface area contributed by atoms with Gasteiger partial charge in [-0.3, -0.25) is 4.99 Å². The second-order valence-corrected chi connectivity index (χ2v) is 3.26. The van der Waals surface area contributed by atoms with Crippen molar-refractivity contribution in [3.05, 3.63) is 30.1 Å². The zero-order chi connectivity index (χ0) is 10.7. The van der Waals surface area contributed by atoms with Crippen LogP contribution in [0.2, 0.25) is 0 Å². The summed E-state index contributed by atoms with van der Waals surface area (Å²) in [5.74, 6) is 1.02. The molecule has 0 saturated carbocycles. The fourth-order valence-electron chi connectivity index (χ4n) is 1.41. The van der Waals surface area contributed by atoms with Crippen molar-refractivity contribution >= 4 is 41.0 Å². The van der Waals surface area contributed by atoms with Crippen LogP contribution in [0.5, 0.6) is 0 Å². The number of H-pyrrole nitrogens is 1. The fraction of sp³-hybridized carbons (Fsp3) is 0.200. The smallest absolute Gasteiger partial charge is 0.185 e. The molecule has 0 amide bonds. The monoisotopic (exact) mass is 331 g/mol. The summed E-state index contributed by atoms with van der Waals surface area (Å²) in [6.45, 7) is 0.558. The molecule has 16 heavy (non-hydrogen) atoms. The van der Waals surface area contributed by atoms with E-state index in [1.165, 1.54) is 0 Å². The van der Waals surface area contributed by atoms with Crippen molar-refractivity contribution in [1.82, 2.24) is 9.97 Å². The number of guanidine groups is 1. The zero-order valence-electron chi connectivity index (χ0n) is 8.68. The highest BCUT2D eigenvalue weighted by Crippen LogP contribution is 2.10. The summed E-state index contributed by atoms with van der Waals surface area (Å²) in [6.07, 6.45) is 0.715. The lowest BCUT2D eigenvalue weighted by Gasteiger charge is -1.92.